The number of hydrogen-bond donors (Lipinski definition) is 0. The van der Waals surface area contributed by atoms with Gasteiger partial charge in [0.2, 0.25) is 0 Å². The molecule has 0 unspecified atom stereocenters. The number of nitrogens with zero attached hydrogens (tertiary/aromatic N) is 2. The second kappa shape index (κ2) is 7.08. The highest BCUT2D eigenvalue weighted by Gasteiger charge is 2.53. The molecule has 1 saturated carbocycles. The molecule has 0 N–H and O–H groups in total. The highest BCUT2D eigenvalue weighted by molar-refractivity contribution is 5.70. The summed E-state index contributed by atoms with van der Waals surface area (Å²) in [6, 6.07) is 10.5. The summed E-state index contributed by atoms with van der Waals surface area (Å²) in [5.74, 6) is 0. The Labute approximate surface area is 161 Å². The van der Waals surface area contributed by atoms with Crippen molar-refractivity contribution in [2.75, 3.05) is 0 Å². The van der Waals surface area contributed by atoms with Gasteiger partial charge in [0, 0.05) is 24.7 Å². The molecule has 4 rings (SSSR count). The zero-order valence-corrected chi connectivity index (χ0v) is 16.6. The van der Waals surface area contributed by atoms with Crippen molar-refractivity contribution in [1.82, 2.24) is 9.80 Å². The molecule has 5 heteroatoms. The molecule has 3 aliphatic rings. The normalized spacial score (nSPS) is 30.6. The number of piperidine rings is 1. The first-order chi connectivity index (χ1) is 12.8. The number of fused-ring (bicyclic) bond motifs is 2. The minimum atomic E-state index is -1.01. The maximum atomic E-state index is 15.6. The van der Waals surface area contributed by atoms with Crippen LogP contribution >= 0.6 is 0 Å². The number of ether oxygens (including phenoxy) is 1. The van der Waals surface area contributed by atoms with Crippen molar-refractivity contribution in [2.45, 2.75) is 95.4 Å². The SMILES string of the molecule is CC(C)(C)OC(=O)N1[C@H]2CC[C@@H]1[C@@H](F)[C@@H](N(Cc1ccccc1)C1CC1)C2. The van der Waals surface area contributed by atoms with Gasteiger partial charge < -0.3 is 4.74 Å². The maximum Gasteiger partial charge on any atom is 0.410 e. The minimum Gasteiger partial charge on any atom is -0.444 e. The van der Waals surface area contributed by atoms with Crippen molar-refractivity contribution in [1.29, 1.82) is 0 Å². The van der Waals surface area contributed by atoms with E-state index < -0.39 is 11.8 Å². The van der Waals surface area contributed by atoms with Crippen LogP contribution in [-0.4, -0.2) is 51.8 Å². The van der Waals surface area contributed by atoms with Crippen LogP contribution in [0.1, 0.15) is 58.4 Å². The van der Waals surface area contributed by atoms with E-state index in [1.165, 1.54) is 5.56 Å². The van der Waals surface area contributed by atoms with E-state index in [2.05, 4.69) is 17.0 Å². The van der Waals surface area contributed by atoms with Crippen molar-refractivity contribution in [3.05, 3.63) is 35.9 Å². The van der Waals surface area contributed by atoms with E-state index in [0.717, 1.165) is 32.2 Å². The van der Waals surface area contributed by atoms with Gasteiger partial charge in [-0.05, 0) is 58.4 Å². The van der Waals surface area contributed by atoms with Gasteiger partial charge in [0.15, 0.2) is 0 Å². The summed E-state index contributed by atoms with van der Waals surface area (Å²) in [6.07, 6.45) is 3.27. The molecule has 148 valence electrons. The maximum absolute atomic E-state index is 15.6. The zero-order chi connectivity index (χ0) is 19.2. The van der Waals surface area contributed by atoms with Crippen LogP contribution in [0, 0.1) is 0 Å². The number of alkyl halides is 1. The number of halogens is 1. The zero-order valence-electron chi connectivity index (χ0n) is 16.6. The Morgan fingerprint density at radius 2 is 1.89 bits per heavy atom. The molecule has 4 atom stereocenters. The molecule has 1 amide bonds. The van der Waals surface area contributed by atoms with E-state index in [1.807, 2.05) is 39.0 Å². The Balaban J connectivity index is 1.50. The summed E-state index contributed by atoms with van der Waals surface area (Å²) in [5.41, 5.74) is 0.686. The largest absolute Gasteiger partial charge is 0.444 e. The van der Waals surface area contributed by atoms with Crippen LogP contribution in [0.15, 0.2) is 30.3 Å². The minimum absolute atomic E-state index is 0.0962. The predicted molar refractivity (Wildman–Crippen MR) is 103 cm³/mol. The van der Waals surface area contributed by atoms with Gasteiger partial charge in [0.05, 0.1) is 6.04 Å². The Hall–Kier alpha value is -1.62. The lowest BCUT2D eigenvalue weighted by atomic mass is 9.93. The molecule has 1 aliphatic carbocycles. The molecule has 1 aromatic rings. The highest BCUT2D eigenvalue weighted by atomic mass is 19.1. The van der Waals surface area contributed by atoms with E-state index in [-0.39, 0.29) is 24.2 Å². The van der Waals surface area contributed by atoms with Gasteiger partial charge in [-0.15, -0.1) is 0 Å². The van der Waals surface area contributed by atoms with Crippen LogP contribution in [0.5, 0.6) is 0 Å². The summed E-state index contributed by atoms with van der Waals surface area (Å²) >= 11 is 0. The van der Waals surface area contributed by atoms with Crippen LogP contribution < -0.4 is 0 Å². The van der Waals surface area contributed by atoms with E-state index in [4.69, 9.17) is 4.74 Å². The highest BCUT2D eigenvalue weighted by Crippen LogP contribution is 2.43. The average molecular weight is 375 g/mol. The Morgan fingerprint density at radius 1 is 1.19 bits per heavy atom. The predicted octanol–water partition coefficient (Wildman–Crippen LogP) is 4.53. The van der Waals surface area contributed by atoms with Gasteiger partial charge in [-0.2, -0.15) is 0 Å². The van der Waals surface area contributed by atoms with E-state index in [9.17, 15) is 4.79 Å². The lowest BCUT2D eigenvalue weighted by Gasteiger charge is -2.45. The van der Waals surface area contributed by atoms with Gasteiger partial charge >= 0.3 is 6.09 Å². The topological polar surface area (TPSA) is 32.8 Å². The molecular weight excluding hydrogens is 343 g/mol. The van der Waals surface area contributed by atoms with Crippen LogP contribution in [0.3, 0.4) is 0 Å². The molecule has 2 bridgehead atoms. The van der Waals surface area contributed by atoms with Gasteiger partial charge in [-0.1, -0.05) is 30.3 Å². The molecule has 2 aliphatic heterocycles. The van der Waals surface area contributed by atoms with Crippen molar-refractivity contribution >= 4 is 6.09 Å². The first-order valence-electron chi connectivity index (χ1n) is 10.3. The smallest absolute Gasteiger partial charge is 0.410 e. The molecular formula is C22H31FN2O2. The number of hydrogen-bond acceptors (Lipinski definition) is 3. The Kier molecular flexibility index (Phi) is 4.91. The van der Waals surface area contributed by atoms with Crippen LogP contribution in [-0.2, 0) is 11.3 Å². The summed E-state index contributed by atoms with van der Waals surface area (Å²) in [7, 11) is 0. The average Bonchev–Trinajstić information content (AvgIpc) is 3.38. The summed E-state index contributed by atoms with van der Waals surface area (Å²) in [4.78, 5) is 16.7. The van der Waals surface area contributed by atoms with Crippen LogP contribution in [0.2, 0.25) is 0 Å². The monoisotopic (exact) mass is 374 g/mol. The number of benzene rings is 1. The Morgan fingerprint density at radius 3 is 2.52 bits per heavy atom. The third-order valence-corrected chi connectivity index (χ3v) is 6.05. The van der Waals surface area contributed by atoms with Gasteiger partial charge in [-0.25, -0.2) is 9.18 Å². The van der Waals surface area contributed by atoms with Gasteiger partial charge in [0.25, 0.3) is 0 Å². The first kappa shape index (κ1) is 18.7. The third-order valence-electron chi connectivity index (χ3n) is 6.05. The molecule has 2 heterocycles. The Bertz CT molecular complexity index is 671. The molecule has 0 aromatic heterocycles. The first-order valence-corrected chi connectivity index (χ1v) is 10.3. The fraction of sp³-hybridized carbons (Fsp3) is 0.682. The van der Waals surface area contributed by atoms with Crippen molar-refractivity contribution < 1.29 is 13.9 Å². The molecule has 0 spiro atoms. The molecule has 27 heavy (non-hydrogen) atoms. The van der Waals surface area contributed by atoms with Crippen molar-refractivity contribution in [2.24, 2.45) is 0 Å². The number of rotatable bonds is 4. The van der Waals surface area contributed by atoms with Gasteiger partial charge in [0.1, 0.15) is 11.8 Å². The van der Waals surface area contributed by atoms with Crippen molar-refractivity contribution in [3.63, 3.8) is 0 Å². The van der Waals surface area contributed by atoms with Crippen LogP contribution in [0.4, 0.5) is 9.18 Å². The second-order valence-corrected chi connectivity index (χ2v) is 9.32. The summed E-state index contributed by atoms with van der Waals surface area (Å²) in [5, 5.41) is 0. The van der Waals surface area contributed by atoms with Gasteiger partial charge in [-0.3, -0.25) is 9.80 Å². The molecule has 2 saturated heterocycles. The quantitative estimate of drug-likeness (QED) is 0.776. The van der Waals surface area contributed by atoms with E-state index in [1.54, 1.807) is 4.90 Å². The van der Waals surface area contributed by atoms with Crippen LogP contribution in [0.25, 0.3) is 0 Å². The fourth-order valence-electron chi connectivity index (χ4n) is 4.76. The number of amides is 1. The standard InChI is InChI=1S/C22H31FN2O2/c1-22(2,3)27-21(26)25-17-11-12-18(25)20(23)19(13-17)24(16-9-10-16)14-15-7-5-4-6-8-15/h4-8,16-20H,9-14H2,1-3H3/t17-,18+,19-,20+/m0/s1. The van der Waals surface area contributed by atoms with E-state index in [0.29, 0.717) is 12.5 Å². The molecule has 1 aromatic carbocycles. The second-order valence-electron chi connectivity index (χ2n) is 9.32. The lowest BCUT2D eigenvalue weighted by molar-refractivity contribution is -0.0367. The van der Waals surface area contributed by atoms with Crippen molar-refractivity contribution in [3.8, 4) is 0 Å². The number of carbonyl (C=O) groups is 1. The third kappa shape index (κ3) is 3.98. The van der Waals surface area contributed by atoms with E-state index >= 15 is 4.39 Å². The molecule has 3 fully saturated rings. The molecule has 4 nitrogen and oxygen atoms in total. The summed E-state index contributed by atoms with van der Waals surface area (Å²) < 4.78 is 21.2. The molecule has 0 radical (unpaired) electrons. The fourth-order valence-corrected chi connectivity index (χ4v) is 4.76. The summed E-state index contributed by atoms with van der Waals surface area (Å²) in [6.45, 7) is 6.38. The lowest BCUT2D eigenvalue weighted by Crippen LogP contribution is -2.60. The number of carbonyl (C=O) groups excluding carboxylic acids is 1.